The second-order valence-corrected chi connectivity index (χ2v) is 6.17. The van der Waals surface area contributed by atoms with Crippen molar-refractivity contribution in [2.24, 2.45) is 11.8 Å². The number of fused-ring (bicyclic) bond motifs is 5. The zero-order valence-corrected chi connectivity index (χ0v) is 12.4. The van der Waals surface area contributed by atoms with Gasteiger partial charge in [0.25, 0.3) is 0 Å². The summed E-state index contributed by atoms with van der Waals surface area (Å²) in [4.78, 5) is 38.0. The molecule has 1 N–H and O–H groups in total. The zero-order chi connectivity index (χ0) is 16.4. The van der Waals surface area contributed by atoms with Gasteiger partial charge in [-0.05, 0) is 31.2 Å². The molecule has 4 unspecified atom stereocenters. The molecule has 118 valence electrons. The highest BCUT2D eigenvalue weighted by molar-refractivity contribution is 6.23. The van der Waals surface area contributed by atoms with Crippen molar-refractivity contribution in [1.29, 1.82) is 0 Å². The number of amides is 2. The Bertz CT molecular complexity index is 753. The molecule has 23 heavy (non-hydrogen) atoms. The van der Waals surface area contributed by atoms with Crippen molar-refractivity contribution >= 4 is 23.3 Å². The summed E-state index contributed by atoms with van der Waals surface area (Å²) in [6.45, 7) is 1.12. The highest BCUT2D eigenvalue weighted by atomic mass is 16.5. The van der Waals surface area contributed by atoms with Gasteiger partial charge in [0.1, 0.15) is 5.60 Å². The number of hydrogen-bond donors (Lipinski definition) is 1. The van der Waals surface area contributed by atoms with E-state index in [0.717, 1.165) is 4.90 Å². The van der Waals surface area contributed by atoms with E-state index >= 15 is 0 Å². The number of Topliss-reactive ketones (excluding diaryl/α,β-unsaturated/α-hetero) is 1. The standard InChI is InChI=1S/C17H15NO5/c1-9(20)10-2-4-11(5-3-10)18-15(21)13-12-6-7-17(8-19,23-12)14(13)16(18)22/h2-7,12-14,19H,8H2,1H3. The summed E-state index contributed by atoms with van der Waals surface area (Å²) in [6.07, 6.45) is 2.96. The maximum absolute atomic E-state index is 12.8. The van der Waals surface area contributed by atoms with Crippen molar-refractivity contribution < 1.29 is 24.2 Å². The Balaban J connectivity index is 1.72. The molecule has 3 heterocycles. The molecule has 3 aliphatic rings. The van der Waals surface area contributed by atoms with Crippen LogP contribution in [0.3, 0.4) is 0 Å². The molecule has 0 radical (unpaired) electrons. The van der Waals surface area contributed by atoms with Crippen LogP contribution in [0.25, 0.3) is 0 Å². The van der Waals surface area contributed by atoms with Gasteiger partial charge in [-0.2, -0.15) is 0 Å². The molecule has 0 aromatic heterocycles. The van der Waals surface area contributed by atoms with E-state index in [4.69, 9.17) is 4.74 Å². The summed E-state index contributed by atoms with van der Waals surface area (Å²) in [7, 11) is 0. The Kier molecular flexibility index (Phi) is 2.86. The monoisotopic (exact) mass is 313 g/mol. The Morgan fingerprint density at radius 3 is 2.57 bits per heavy atom. The minimum Gasteiger partial charge on any atom is -0.393 e. The maximum atomic E-state index is 12.8. The number of rotatable bonds is 3. The fourth-order valence-electron chi connectivity index (χ4n) is 3.78. The number of carbonyl (C=O) groups excluding carboxylic acids is 3. The minimum atomic E-state index is -1.09. The summed E-state index contributed by atoms with van der Waals surface area (Å²) in [6, 6.07) is 6.37. The first kappa shape index (κ1) is 14.3. The topological polar surface area (TPSA) is 83.9 Å². The van der Waals surface area contributed by atoms with Crippen LogP contribution >= 0.6 is 0 Å². The molecule has 2 bridgehead atoms. The molecule has 0 saturated carbocycles. The predicted molar refractivity (Wildman–Crippen MR) is 79.7 cm³/mol. The van der Waals surface area contributed by atoms with Crippen LogP contribution in [0.5, 0.6) is 0 Å². The van der Waals surface area contributed by atoms with Crippen molar-refractivity contribution in [3.63, 3.8) is 0 Å². The lowest BCUT2D eigenvalue weighted by molar-refractivity contribution is -0.128. The maximum Gasteiger partial charge on any atom is 0.241 e. The van der Waals surface area contributed by atoms with E-state index in [-0.39, 0.29) is 24.2 Å². The molecule has 6 heteroatoms. The van der Waals surface area contributed by atoms with Crippen LogP contribution in [-0.2, 0) is 14.3 Å². The van der Waals surface area contributed by atoms with Crippen LogP contribution < -0.4 is 4.90 Å². The Morgan fingerprint density at radius 2 is 1.96 bits per heavy atom. The SMILES string of the molecule is CC(=O)c1ccc(N2C(=O)C3C4C=CC(CO)(O4)C3C2=O)cc1. The summed E-state index contributed by atoms with van der Waals surface area (Å²) in [5.74, 6) is -2.05. The number of aliphatic hydroxyl groups excluding tert-OH is 1. The minimum absolute atomic E-state index is 0.0811. The van der Waals surface area contributed by atoms with Crippen molar-refractivity contribution in [3.05, 3.63) is 42.0 Å². The Hall–Kier alpha value is -2.31. The van der Waals surface area contributed by atoms with Gasteiger partial charge in [-0.3, -0.25) is 14.4 Å². The van der Waals surface area contributed by atoms with Crippen LogP contribution in [0, 0.1) is 11.8 Å². The number of aliphatic hydroxyl groups is 1. The van der Waals surface area contributed by atoms with Gasteiger partial charge in [0.05, 0.1) is 30.2 Å². The highest BCUT2D eigenvalue weighted by Gasteiger charge is 2.67. The Labute approximate surface area is 132 Å². The molecule has 3 aliphatic heterocycles. The van der Waals surface area contributed by atoms with Crippen LogP contribution in [0.2, 0.25) is 0 Å². The molecular formula is C17H15NO5. The van der Waals surface area contributed by atoms with Crippen molar-refractivity contribution in [2.45, 2.75) is 18.6 Å². The van der Waals surface area contributed by atoms with E-state index in [0.29, 0.717) is 11.3 Å². The van der Waals surface area contributed by atoms with Gasteiger partial charge in [0.2, 0.25) is 11.8 Å². The first-order chi connectivity index (χ1) is 11.0. The van der Waals surface area contributed by atoms with Gasteiger partial charge >= 0.3 is 0 Å². The molecule has 2 amide bonds. The van der Waals surface area contributed by atoms with E-state index < -0.39 is 23.5 Å². The number of hydrogen-bond acceptors (Lipinski definition) is 5. The number of anilines is 1. The Morgan fingerprint density at radius 1 is 1.26 bits per heavy atom. The lowest BCUT2D eigenvalue weighted by Gasteiger charge is -2.26. The van der Waals surface area contributed by atoms with Crippen molar-refractivity contribution in [3.8, 4) is 0 Å². The molecule has 0 aliphatic carbocycles. The van der Waals surface area contributed by atoms with E-state index in [1.165, 1.54) is 6.92 Å². The largest absolute Gasteiger partial charge is 0.393 e. The molecule has 2 saturated heterocycles. The molecule has 1 aromatic rings. The number of benzene rings is 1. The summed E-state index contributed by atoms with van der Waals surface area (Å²) < 4.78 is 5.68. The van der Waals surface area contributed by atoms with Crippen LogP contribution in [0.1, 0.15) is 17.3 Å². The van der Waals surface area contributed by atoms with Gasteiger partial charge in [-0.15, -0.1) is 0 Å². The zero-order valence-electron chi connectivity index (χ0n) is 12.4. The molecule has 0 spiro atoms. The smallest absolute Gasteiger partial charge is 0.241 e. The lowest BCUT2D eigenvalue weighted by Crippen LogP contribution is -2.43. The summed E-state index contributed by atoms with van der Waals surface area (Å²) >= 11 is 0. The third-order valence-corrected chi connectivity index (χ3v) is 4.93. The molecular weight excluding hydrogens is 298 g/mol. The highest BCUT2D eigenvalue weighted by Crippen LogP contribution is 2.52. The van der Waals surface area contributed by atoms with Gasteiger partial charge in [-0.1, -0.05) is 12.2 Å². The summed E-state index contributed by atoms with van der Waals surface area (Å²) in [5.41, 5.74) is -0.132. The first-order valence-corrected chi connectivity index (χ1v) is 7.45. The third kappa shape index (κ3) is 1.73. The van der Waals surface area contributed by atoms with Crippen LogP contribution in [0.4, 0.5) is 5.69 Å². The fourth-order valence-corrected chi connectivity index (χ4v) is 3.78. The quantitative estimate of drug-likeness (QED) is 0.504. The van der Waals surface area contributed by atoms with Crippen molar-refractivity contribution in [2.75, 3.05) is 11.5 Å². The summed E-state index contributed by atoms with van der Waals surface area (Å²) in [5, 5.41) is 9.65. The number of ether oxygens (including phenoxy) is 1. The second-order valence-electron chi connectivity index (χ2n) is 6.17. The molecule has 4 rings (SSSR count). The average molecular weight is 313 g/mol. The molecule has 6 nitrogen and oxygen atoms in total. The molecule has 2 fully saturated rings. The lowest BCUT2D eigenvalue weighted by atomic mass is 9.77. The first-order valence-electron chi connectivity index (χ1n) is 7.45. The molecule has 4 atom stereocenters. The van der Waals surface area contributed by atoms with Gasteiger partial charge in [0, 0.05) is 5.56 Å². The van der Waals surface area contributed by atoms with Gasteiger partial charge < -0.3 is 9.84 Å². The third-order valence-electron chi connectivity index (χ3n) is 4.93. The number of imide groups is 1. The average Bonchev–Trinajstić information content (AvgIpc) is 3.19. The van der Waals surface area contributed by atoms with Crippen molar-refractivity contribution in [1.82, 2.24) is 0 Å². The van der Waals surface area contributed by atoms with Crippen LogP contribution in [-0.4, -0.2) is 41.0 Å². The normalized spacial score (nSPS) is 34.3. The number of carbonyl (C=O) groups is 3. The van der Waals surface area contributed by atoms with E-state index in [9.17, 15) is 19.5 Å². The van der Waals surface area contributed by atoms with E-state index in [2.05, 4.69) is 0 Å². The van der Waals surface area contributed by atoms with E-state index in [1.54, 1.807) is 36.4 Å². The van der Waals surface area contributed by atoms with Gasteiger partial charge in [0.15, 0.2) is 5.78 Å². The fraction of sp³-hybridized carbons (Fsp3) is 0.353. The van der Waals surface area contributed by atoms with Gasteiger partial charge in [-0.25, -0.2) is 4.90 Å². The van der Waals surface area contributed by atoms with Crippen LogP contribution in [0.15, 0.2) is 36.4 Å². The molecule has 1 aromatic carbocycles. The second kappa shape index (κ2) is 4.59. The number of ketones is 1. The number of nitrogens with zero attached hydrogens (tertiary/aromatic N) is 1. The van der Waals surface area contributed by atoms with E-state index in [1.807, 2.05) is 0 Å². The predicted octanol–water partition coefficient (Wildman–Crippen LogP) is 0.694.